The first-order chi connectivity index (χ1) is 9.72. The Morgan fingerprint density at radius 1 is 1.15 bits per heavy atom. The third-order valence-corrected chi connectivity index (χ3v) is 4.25. The minimum absolute atomic E-state index is 0.222. The monoisotopic (exact) mass is 266 g/mol. The highest BCUT2D eigenvalue weighted by Crippen LogP contribution is 2.47. The van der Waals surface area contributed by atoms with Crippen molar-refractivity contribution >= 4 is 5.69 Å². The highest BCUT2D eigenvalue weighted by Gasteiger charge is 2.36. The number of ether oxygens (including phenoxy) is 1. The molecule has 3 heteroatoms. The van der Waals surface area contributed by atoms with Gasteiger partial charge in [-0.3, -0.25) is 0 Å². The lowest BCUT2D eigenvalue weighted by molar-refractivity contribution is 0.480. The van der Waals surface area contributed by atoms with Crippen LogP contribution >= 0.6 is 0 Å². The molecule has 1 saturated heterocycles. The number of aryl methyl sites for hydroxylation is 1. The Morgan fingerprint density at radius 3 is 2.90 bits per heavy atom. The summed E-state index contributed by atoms with van der Waals surface area (Å²) in [6, 6.07) is 15.2. The first-order valence-corrected chi connectivity index (χ1v) is 7.12. The Balaban J connectivity index is 1.93. The number of anilines is 1. The molecule has 2 unspecified atom stereocenters. The van der Waals surface area contributed by atoms with Crippen molar-refractivity contribution in [1.82, 2.24) is 0 Å². The average molecular weight is 266 g/mol. The highest BCUT2D eigenvalue weighted by molar-refractivity contribution is 5.65. The van der Waals surface area contributed by atoms with Crippen LogP contribution in [0, 0.1) is 6.92 Å². The molecule has 0 amide bonds. The molecule has 1 fully saturated rings. The second kappa shape index (κ2) is 4.25. The van der Waals surface area contributed by atoms with Crippen molar-refractivity contribution in [3.8, 4) is 11.5 Å². The van der Waals surface area contributed by atoms with Gasteiger partial charge in [0.05, 0.1) is 11.7 Å². The number of hydrogen-bond acceptors (Lipinski definition) is 3. The molecule has 0 saturated carbocycles. The predicted octanol–water partition coefficient (Wildman–Crippen LogP) is 3.38. The number of nitrogens with two attached hydrogens (primary N) is 1. The number of rotatable bonds is 0. The van der Waals surface area contributed by atoms with Crippen molar-refractivity contribution in [3.63, 3.8) is 0 Å². The zero-order valence-electron chi connectivity index (χ0n) is 11.5. The zero-order valence-corrected chi connectivity index (χ0v) is 11.5. The van der Waals surface area contributed by atoms with E-state index in [4.69, 9.17) is 10.5 Å². The molecule has 2 aromatic rings. The molecule has 0 radical (unpaired) electrons. The van der Waals surface area contributed by atoms with Crippen LogP contribution < -0.4 is 15.4 Å². The Hall–Kier alpha value is -2.00. The second-order valence-corrected chi connectivity index (χ2v) is 5.78. The number of fused-ring (bicyclic) bond motifs is 5. The van der Waals surface area contributed by atoms with Crippen molar-refractivity contribution in [1.29, 1.82) is 0 Å². The lowest BCUT2D eigenvalue weighted by Gasteiger charge is -2.25. The van der Waals surface area contributed by atoms with Crippen molar-refractivity contribution in [2.75, 3.05) is 11.4 Å². The van der Waals surface area contributed by atoms with Gasteiger partial charge < -0.3 is 15.4 Å². The molecule has 4 rings (SSSR count). The van der Waals surface area contributed by atoms with Crippen LogP contribution in [-0.4, -0.2) is 12.6 Å². The van der Waals surface area contributed by atoms with Gasteiger partial charge in [-0.2, -0.15) is 0 Å². The van der Waals surface area contributed by atoms with E-state index < -0.39 is 0 Å². The Morgan fingerprint density at radius 2 is 2.00 bits per heavy atom. The molecular weight excluding hydrogens is 248 g/mol. The predicted molar refractivity (Wildman–Crippen MR) is 80.4 cm³/mol. The molecule has 102 valence electrons. The molecule has 2 heterocycles. The van der Waals surface area contributed by atoms with Crippen LogP contribution in [0.4, 0.5) is 5.69 Å². The highest BCUT2D eigenvalue weighted by atomic mass is 16.5. The number of hydrogen-bond donors (Lipinski definition) is 1. The summed E-state index contributed by atoms with van der Waals surface area (Å²) >= 11 is 0. The smallest absolute Gasteiger partial charge is 0.150 e. The normalized spacial score (nSPS) is 23.4. The summed E-state index contributed by atoms with van der Waals surface area (Å²) in [6.45, 7) is 3.01. The molecule has 0 aliphatic carbocycles. The lowest BCUT2D eigenvalue weighted by Crippen LogP contribution is -2.27. The minimum Gasteiger partial charge on any atom is -0.455 e. The topological polar surface area (TPSA) is 38.5 Å². The largest absolute Gasteiger partial charge is 0.455 e. The van der Waals surface area contributed by atoms with E-state index in [0.717, 1.165) is 30.2 Å². The molecule has 2 aliphatic rings. The van der Waals surface area contributed by atoms with Crippen molar-refractivity contribution in [2.45, 2.75) is 25.4 Å². The van der Waals surface area contributed by atoms with Crippen LogP contribution in [-0.2, 0) is 0 Å². The standard InChI is InChI=1S/C17H18N2O/c1-11-6-7-16-13(8-11)15-9-12(18)10-19(15)14-4-2-3-5-17(14)20-16/h2-8,12,15H,9-10,18H2,1H3. The van der Waals surface area contributed by atoms with Gasteiger partial charge in [-0.15, -0.1) is 0 Å². The summed E-state index contributed by atoms with van der Waals surface area (Å²) in [5.74, 6) is 1.89. The van der Waals surface area contributed by atoms with Crippen LogP contribution in [0.3, 0.4) is 0 Å². The fourth-order valence-electron chi connectivity index (χ4n) is 3.35. The van der Waals surface area contributed by atoms with E-state index in [2.05, 4.69) is 42.2 Å². The average Bonchev–Trinajstić information content (AvgIpc) is 2.78. The third-order valence-electron chi connectivity index (χ3n) is 4.25. The van der Waals surface area contributed by atoms with E-state index in [0.29, 0.717) is 6.04 Å². The maximum Gasteiger partial charge on any atom is 0.150 e. The zero-order chi connectivity index (χ0) is 13.7. The van der Waals surface area contributed by atoms with E-state index in [1.807, 2.05) is 12.1 Å². The van der Waals surface area contributed by atoms with Crippen molar-refractivity contribution in [3.05, 3.63) is 53.6 Å². The van der Waals surface area contributed by atoms with E-state index in [-0.39, 0.29) is 6.04 Å². The first-order valence-electron chi connectivity index (χ1n) is 7.12. The van der Waals surface area contributed by atoms with Gasteiger partial charge in [0.15, 0.2) is 5.75 Å². The van der Waals surface area contributed by atoms with Gasteiger partial charge in [-0.1, -0.05) is 29.8 Å². The summed E-state index contributed by atoms with van der Waals surface area (Å²) in [6.07, 6.45) is 0.980. The van der Waals surface area contributed by atoms with Gasteiger partial charge in [-0.05, 0) is 31.5 Å². The van der Waals surface area contributed by atoms with Gasteiger partial charge in [0, 0.05) is 18.2 Å². The van der Waals surface area contributed by atoms with Gasteiger partial charge in [0.2, 0.25) is 0 Å². The van der Waals surface area contributed by atoms with Crippen LogP contribution in [0.1, 0.15) is 23.6 Å². The molecule has 2 aromatic carbocycles. The molecule has 0 bridgehead atoms. The number of para-hydroxylation sites is 2. The summed E-state index contributed by atoms with van der Waals surface area (Å²) in [7, 11) is 0. The maximum absolute atomic E-state index is 6.22. The van der Waals surface area contributed by atoms with Crippen LogP contribution in [0.25, 0.3) is 0 Å². The van der Waals surface area contributed by atoms with Crippen LogP contribution in [0.5, 0.6) is 11.5 Å². The quantitative estimate of drug-likeness (QED) is 0.794. The van der Waals surface area contributed by atoms with Crippen LogP contribution in [0.15, 0.2) is 42.5 Å². The molecule has 3 nitrogen and oxygen atoms in total. The second-order valence-electron chi connectivity index (χ2n) is 5.78. The van der Waals surface area contributed by atoms with Gasteiger partial charge in [0.25, 0.3) is 0 Å². The summed E-state index contributed by atoms with van der Waals surface area (Å²) in [4.78, 5) is 2.39. The maximum atomic E-state index is 6.22. The Kier molecular flexibility index (Phi) is 2.51. The summed E-state index contributed by atoms with van der Waals surface area (Å²) in [5, 5.41) is 0. The minimum atomic E-state index is 0.222. The number of benzene rings is 2. The van der Waals surface area contributed by atoms with E-state index in [1.54, 1.807) is 0 Å². The summed E-state index contributed by atoms with van der Waals surface area (Å²) < 4.78 is 6.15. The molecular formula is C17H18N2O. The van der Waals surface area contributed by atoms with Gasteiger partial charge >= 0.3 is 0 Å². The van der Waals surface area contributed by atoms with E-state index in [9.17, 15) is 0 Å². The number of nitrogens with zero attached hydrogens (tertiary/aromatic N) is 1. The molecule has 2 atom stereocenters. The molecule has 2 aliphatic heterocycles. The lowest BCUT2D eigenvalue weighted by atomic mass is 10.0. The van der Waals surface area contributed by atoms with E-state index in [1.165, 1.54) is 11.1 Å². The van der Waals surface area contributed by atoms with Crippen molar-refractivity contribution < 1.29 is 4.74 Å². The Bertz CT molecular complexity index is 668. The molecule has 0 spiro atoms. The van der Waals surface area contributed by atoms with E-state index >= 15 is 0 Å². The third kappa shape index (κ3) is 1.70. The van der Waals surface area contributed by atoms with Gasteiger partial charge in [-0.25, -0.2) is 0 Å². The molecule has 0 aromatic heterocycles. The SMILES string of the molecule is Cc1ccc2c(c1)C1CC(N)CN1c1ccccc1O2. The Labute approximate surface area is 119 Å². The molecule has 20 heavy (non-hydrogen) atoms. The van der Waals surface area contributed by atoms with Gasteiger partial charge in [0.1, 0.15) is 5.75 Å². The fraction of sp³-hybridized carbons (Fsp3) is 0.294. The summed E-state index contributed by atoms with van der Waals surface area (Å²) in [5.41, 5.74) is 9.89. The van der Waals surface area contributed by atoms with Crippen LogP contribution in [0.2, 0.25) is 0 Å². The molecule has 2 N–H and O–H groups in total. The fourth-order valence-corrected chi connectivity index (χ4v) is 3.35. The van der Waals surface area contributed by atoms with Crippen molar-refractivity contribution in [2.24, 2.45) is 5.73 Å². The first kappa shape index (κ1) is 11.8.